The van der Waals surface area contributed by atoms with Gasteiger partial charge in [-0.1, -0.05) is 0 Å². The number of hydrogen-bond donors (Lipinski definition) is 0. The van der Waals surface area contributed by atoms with Gasteiger partial charge < -0.3 is 0 Å². The van der Waals surface area contributed by atoms with Gasteiger partial charge >= 0.3 is 114 Å². The summed E-state index contributed by atoms with van der Waals surface area (Å²) in [4.78, 5) is 0. The predicted molar refractivity (Wildman–Crippen MR) is 37.4 cm³/mol. The van der Waals surface area contributed by atoms with Gasteiger partial charge in [0, 0.05) is 0 Å². The van der Waals surface area contributed by atoms with Crippen LogP contribution in [0.4, 0.5) is 0 Å². The Kier molecular flexibility index (Phi) is 96.1. The van der Waals surface area contributed by atoms with Crippen molar-refractivity contribution in [3.8, 4) is 0 Å². The van der Waals surface area contributed by atoms with Gasteiger partial charge in [0.2, 0.25) is 0 Å². The summed E-state index contributed by atoms with van der Waals surface area (Å²) in [6, 6.07) is 0. The Labute approximate surface area is 124 Å². The minimum atomic E-state index is 0. The molecule has 0 saturated carbocycles. The molecule has 0 nitrogen and oxygen atoms in total. The van der Waals surface area contributed by atoms with Gasteiger partial charge in [0.25, 0.3) is 0 Å². The fraction of sp³-hybridized carbons (Fsp3) is 0. The third-order valence-electron chi connectivity index (χ3n) is 0. The Hall–Kier alpha value is 4.04. The van der Waals surface area contributed by atoms with Gasteiger partial charge in [-0.25, -0.2) is 0 Å². The topological polar surface area (TPSA) is 0 Å². The first kappa shape index (κ1) is 24.4. The molecule has 0 rings (SSSR count). The van der Waals surface area contributed by atoms with Gasteiger partial charge in [0.1, 0.15) is 0 Å². The first-order valence-electron chi connectivity index (χ1n) is 0. The van der Waals surface area contributed by atoms with Gasteiger partial charge in [0.15, 0.2) is 0 Å². The Bertz CT molecular complexity index is 8.00. The van der Waals surface area contributed by atoms with Crippen LogP contribution in [-0.4, -0.2) is 114 Å². The van der Waals surface area contributed by atoms with E-state index in [1.54, 1.807) is 0 Å². The van der Waals surface area contributed by atoms with Gasteiger partial charge in [-0.3, -0.25) is 0 Å². The van der Waals surface area contributed by atoms with Crippen molar-refractivity contribution in [2.24, 2.45) is 0 Å². The average molecular weight is 336 g/mol. The van der Waals surface area contributed by atoms with E-state index in [1.165, 1.54) is 0 Å². The van der Waals surface area contributed by atoms with Crippen LogP contribution in [0, 0.1) is 0 Å². The fourth-order valence-corrected chi connectivity index (χ4v) is 0. The second-order valence-corrected chi connectivity index (χ2v) is 0. The molecule has 0 aromatic rings. The van der Waals surface area contributed by atoms with Crippen LogP contribution in [0.15, 0.2) is 0 Å². The molecule has 22 valence electrons. The normalized spacial score (nSPS) is 0. The van der Waals surface area contributed by atoms with E-state index in [0.29, 0.717) is 0 Å². The molecule has 0 radical (unpaired) electrons. The summed E-state index contributed by atoms with van der Waals surface area (Å²) in [6.07, 6.45) is 0. The van der Waals surface area contributed by atoms with Gasteiger partial charge in [0.05, 0.1) is 0 Å². The monoisotopic (exact) mass is 336 g/mol. The van der Waals surface area contributed by atoms with E-state index in [4.69, 9.17) is 0 Å². The molecule has 0 amide bonds. The average Bonchev–Trinajstić information content (AvgIpc) is 0. The molecular formula is H9BaGaSSr. The van der Waals surface area contributed by atoms with Crippen LogP contribution >= 0.6 is 13.5 Å². The van der Waals surface area contributed by atoms with Gasteiger partial charge in [-0.2, -0.15) is 13.5 Å². The van der Waals surface area contributed by atoms with E-state index in [2.05, 4.69) is 0 Å². The Balaban J connectivity index is 0. The summed E-state index contributed by atoms with van der Waals surface area (Å²) in [6.45, 7) is 0. The maximum absolute atomic E-state index is 0. The molecule has 0 aliphatic carbocycles. The molecule has 0 atom stereocenters. The SMILES string of the molecule is S.[BaH2].[GaH3].[SrH2]. The zero-order valence-electron chi connectivity index (χ0n) is 0.500. The standard InChI is InChI=1S/Ba.Ga.H2S.Sr.7H/h;;1H2;;;;;;;;. The third kappa shape index (κ3) is 9.40. The quantitative estimate of drug-likeness (QED) is 0.417. The summed E-state index contributed by atoms with van der Waals surface area (Å²) >= 11 is 0. The van der Waals surface area contributed by atoms with E-state index in [9.17, 15) is 0 Å². The van der Waals surface area contributed by atoms with E-state index in [-0.39, 0.29) is 128 Å². The molecule has 0 spiro atoms. The van der Waals surface area contributed by atoms with Crippen molar-refractivity contribution in [1.29, 1.82) is 0 Å². The molecule has 0 fully saturated rings. The Morgan fingerprint density at radius 3 is 1.00 bits per heavy atom. The van der Waals surface area contributed by atoms with Crippen LogP contribution in [0.25, 0.3) is 0 Å². The van der Waals surface area contributed by atoms with Gasteiger partial charge in [-0.05, 0) is 0 Å². The van der Waals surface area contributed by atoms with E-state index in [1.807, 2.05) is 0 Å². The van der Waals surface area contributed by atoms with Crippen molar-refractivity contribution < 1.29 is 0 Å². The van der Waals surface area contributed by atoms with Crippen LogP contribution in [0.5, 0.6) is 0 Å². The maximum atomic E-state index is 0. The first-order chi connectivity index (χ1) is 0. The van der Waals surface area contributed by atoms with Crippen LogP contribution < -0.4 is 0 Å². The van der Waals surface area contributed by atoms with Crippen molar-refractivity contribution in [3.05, 3.63) is 0 Å². The first-order valence-corrected chi connectivity index (χ1v) is 0. The van der Waals surface area contributed by atoms with Crippen LogP contribution in [0.3, 0.4) is 0 Å². The van der Waals surface area contributed by atoms with Crippen molar-refractivity contribution in [2.75, 3.05) is 0 Å². The van der Waals surface area contributed by atoms with Crippen molar-refractivity contribution in [1.82, 2.24) is 0 Å². The second kappa shape index (κ2) is 15.7. The molecular weight excluding hydrogens is 327 g/mol. The summed E-state index contributed by atoms with van der Waals surface area (Å²) in [7, 11) is 0. The molecule has 0 N–H and O–H groups in total. The molecule has 4 heavy (non-hydrogen) atoms. The van der Waals surface area contributed by atoms with Gasteiger partial charge in [-0.15, -0.1) is 0 Å². The van der Waals surface area contributed by atoms with E-state index in [0.717, 1.165) is 0 Å². The summed E-state index contributed by atoms with van der Waals surface area (Å²) in [5.41, 5.74) is 0. The van der Waals surface area contributed by atoms with Crippen LogP contribution in [-0.2, 0) is 0 Å². The minimum absolute atomic E-state index is 0. The van der Waals surface area contributed by atoms with Crippen molar-refractivity contribution >= 4 is 128 Å². The molecule has 4 heteroatoms. The van der Waals surface area contributed by atoms with Crippen molar-refractivity contribution in [2.45, 2.75) is 0 Å². The van der Waals surface area contributed by atoms with Crippen molar-refractivity contribution in [3.63, 3.8) is 0 Å². The second-order valence-electron chi connectivity index (χ2n) is 0. The molecule has 0 aromatic carbocycles. The molecule has 0 unspecified atom stereocenters. The summed E-state index contributed by atoms with van der Waals surface area (Å²) in [5.74, 6) is 0. The fourth-order valence-electron chi connectivity index (χ4n) is 0. The predicted octanol–water partition coefficient (Wildman–Crippen LogP) is -2.90. The zero-order chi connectivity index (χ0) is 0. The summed E-state index contributed by atoms with van der Waals surface area (Å²) < 4.78 is 0. The van der Waals surface area contributed by atoms with E-state index >= 15 is 0 Å². The molecule has 0 heterocycles. The molecule has 0 aliphatic rings. The molecule has 0 bridgehead atoms. The molecule has 0 aliphatic heterocycles. The zero-order valence-corrected chi connectivity index (χ0v) is 1.50. The van der Waals surface area contributed by atoms with E-state index < -0.39 is 0 Å². The third-order valence-corrected chi connectivity index (χ3v) is 0. The van der Waals surface area contributed by atoms with Crippen LogP contribution in [0.1, 0.15) is 0 Å². The number of rotatable bonds is 0. The molecule has 0 saturated heterocycles. The Morgan fingerprint density at radius 2 is 1.00 bits per heavy atom. The number of hydrogen-bond acceptors (Lipinski definition) is 0. The van der Waals surface area contributed by atoms with Crippen LogP contribution in [0.2, 0.25) is 0 Å². The molecule has 0 aromatic heterocycles. The summed E-state index contributed by atoms with van der Waals surface area (Å²) in [5, 5.41) is 0. The Morgan fingerprint density at radius 1 is 1.00 bits per heavy atom.